The lowest BCUT2D eigenvalue weighted by molar-refractivity contribution is -0.204. The number of hydrogen-bond acceptors (Lipinski definition) is 4. The Morgan fingerprint density at radius 1 is 1.06 bits per heavy atom. The van der Waals surface area contributed by atoms with Gasteiger partial charge in [-0.1, -0.05) is 32.1 Å². The first-order chi connectivity index (χ1) is 8.18. The van der Waals surface area contributed by atoms with Crippen LogP contribution in [0.1, 0.15) is 51.4 Å². The Hall–Kier alpha value is -0.550. The zero-order valence-corrected chi connectivity index (χ0v) is 10.8. The molecule has 0 aromatic rings. The second-order valence-electron chi connectivity index (χ2n) is 4.82. The SMILES string of the molecule is O=C1CC(S)C(=O)N1OC1CCCCCCC1. The van der Waals surface area contributed by atoms with E-state index >= 15 is 0 Å². The van der Waals surface area contributed by atoms with Crippen molar-refractivity contribution in [3.63, 3.8) is 0 Å². The molecular formula is C12H19NO3S. The molecule has 96 valence electrons. The number of carbonyl (C=O) groups is 2. The van der Waals surface area contributed by atoms with Crippen molar-refractivity contribution in [1.29, 1.82) is 0 Å². The molecule has 17 heavy (non-hydrogen) atoms. The van der Waals surface area contributed by atoms with E-state index < -0.39 is 5.25 Å². The summed E-state index contributed by atoms with van der Waals surface area (Å²) < 4.78 is 0. The third-order valence-corrected chi connectivity index (χ3v) is 3.79. The zero-order chi connectivity index (χ0) is 12.3. The second-order valence-corrected chi connectivity index (χ2v) is 5.44. The number of carbonyl (C=O) groups excluding carboxylic acids is 2. The monoisotopic (exact) mass is 257 g/mol. The maximum Gasteiger partial charge on any atom is 0.266 e. The van der Waals surface area contributed by atoms with Crippen LogP contribution < -0.4 is 0 Å². The van der Waals surface area contributed by atoms with E-state index in [4.69, 9.17) is 4.84 Å². The lowest BCUT2D eigenvalue weighted by Crippen LogP contribution is -2.35. The lowest BCUT2D eigenvalue weighted by Gasteiger charge is -2.24. The van der Waals surface area contributed by atoms with Gasteiger partial charge in [-0.15, -0.1) is 0 Å². The van der Waals surface area contributed by atoms with Crippen LogP contribution in [0.25, 0.3) is 0 Å². The molecule has 2 fully saturated rings. The van der Waals surface area contributed by atoms with Crippen LogP contribution in [0, 0.1) is 0 Å². The first kappa shape index (κ1) is 12.9. The van der Waals surface area contributed by atoms with Gasteiger partial charge >= 0.3 is 0 Å². The van der Waals surface area contributed by atoms with Crippen LogP contribution in [0.3, 0.4) is 0 Å². The number of rotatable bonds is 2. The normalized spacial score (nSPS) is 28.3. The molecule has 0 radical (unpaired) electrons. The van der Waals surface area contributed by atoms with E-state index in [-0.39, 0.29) is 24.3 Å². The van der Waals surface area contributed by atoms with E-state index in [1.807, 2.05) is 0 Å². The van der Waals surface area contributed by atoms with Gasteiger partial charge in [-0.3, -0.25) is 14.4 Å². The fraction of sp³-hybridized carbons (Fsp3) is 0.833. The molecule has 4 nitrogen and oxygen atoms in total. The molecule has 2 amide bonds. The van der Waals surface area contributed by atoms with Gasteiger partial charge in [0.2, 0.25) is 0 Å². The highest BCUT2D eigenvalue weighted by atomic mass is 32.1. The summed E-state index contributed by atoms with van der Waals surface area (Å²) >= 11 is 4.07. The van der Waals surface area contributed by atoms with Gasteiger partial charge < -0.3 is 0 Å². The maximum atomic E-state index is 11.6. The molecule has 5 heteroatoms. The van der Waals surface area contributed by atoms with Gasteiger partial charge in [0.15, 0.2) is 0 Å². The number of amides is 2. The number of hydroxylamine groups is 2. The van der Waals surface area contributed by atoms with Crippen molar-refractivity contribution in [1.82, 2.24) is 5.06 Å². The van der Waals surface area contributed by atoms with Gasteiger partial charge in [-0.05, 0) is 12.8 Å². The Labute approximate surface area is 107 Å². The van der Waals surface area contributed by atoms with Gasteiger partial charge in [0, 0.05) is 0 Å². The predicted molar refractivity (Wildman–Crippen MR) is 66.4 cm³/mol. The van der Waals surface area contributed by atoms with E-state index in [2.05, 4.69) is 12.6 Å². The molecule has 0 aromatic heterocycles. The van der Waals surface area contributed by atoms with Crippen LogP contribution in [-0.4, -0.2) is 28.2 Å². The van der Waals surface area contributed by atoms with Crippen molar-refractivity contribution in [2.45, 2.75) is 62.7 Å². The highest BCUT2D eigenvalue weighted by Crippen LogP contribution is 2.24. The molecule has 2 aliphatic rings. The fourth-order valence-corrected chi connectivity index (χ4v) is 2.64. The topological polar surface area (TPSA) is 46.6 Å². The molecule has 1 aliphatic carbocycles. The van der Waals surface area contributed by atoms with Crippen molar-refractivity contribution in [2.75, 3.05) is 0 Å². The largest absolute Gasteiger partial charge is 0.272 e. The van der Waals surface area contributed by atoms with Crippen LogP contribution in [0.5, 0.6) is 0 Å². The third-order valence-electron chi connectivity index (χ3n) is 3.39. The first-order valence-electron chi connectivity index (χ1n) is 6.40. The van der Waals surface area contributed by atoms with E-state index in [1.54, 1.807) is 0 Å². The Morgan fingerprint density at radius 2 is 1.65 bits per heavy atom. The summed E-state index contributed by atoms with van der Waals surface area (Å²) in [6, 6.07) is 0. The molecule has 2 rings (SSSR count). The standard InChI is InChI=1S/C12H19NO3S/c14-11-8-10(17)12(15)13(11)16-9-6-4-2-1-3-5-7-9/h9-10,17H,1-8H2. The Kier molecular flexibility index (Phi) is 4.45. The number of hydrogen-bond donors (Lipinski definition) is 1. The second kappa shape index (κ2) is 5.87. The minimum Gasteiger partial charge on any atom is -0.272 e. The summed E-state index contributed by atoms with van der Waals surface area (Å²) in [5.41, 5.74) is 0. The van der Waals surface area contributed by atoms with Gasteiger partial charge in [-0.25, -0.2) is 0 Å². The maximum absolute atomic E-state index is 11.6. The number of imide groups is 1. The highest BCUT2D eigenvalue weighted by molar-refractivity contribution is 7.81. The Bertz CT molecular complexity index is 300. The molecule has 1 atom stereocenters. The average molecular weight is 257 g/mol. The van der Waals surface area contributed by atoms with E-state index in [1.165, 1.54) is 19.3 Å². The van der Waals surface area contributed by atoms with Crippen LogP contribution >= 0.6 is 12.6 Å². The van der Waals surface area contributed by atoms with Crippen molar-refractivity contribution < 1.29 is 14.4 Å². The molecular weight excluding hydrogens is 238 g/mol. The third kappa shape index (κ3) is 3.22. The summed E-state index contributed by atoms with van der Waals surface area (Å²) in [5, 5.41) is 0.431. The molecule has 1 unspecified atom stereocenters. The number of thiol groups is 1. The Morgan fingerprint density at radius 3 is 2.18 bits per heavy atom. The quantitative estimate of drug-likeness (QED) is 0.608. The van der Waals surface area contributed by atoms with E-state index in [0.29, 0.717) is 0 Å². The minimum atomic E-state index is -0.518. The molecule has 0 aromatic carbocycles. The Balaban J connectivity index is 1.90. The molecule has 1 saturated heterocycles. The van der Waals surface area contributed by atoms with E-state index in [9.17, 15) is 9.59 Å². The van der Waals surface area contributed by atoms with Crippen LogP contribution in [0.15, 0.2) is 0 Å². The molecule has 0 spiro atoms. The van der Waals surface area contributed by atoms with Gasteiger partial charge in [0.25, 0.3) is 11.8 Å². The lowest BCUT2D eigenvalue weighted by atomic mass is 9.99. The number of nitrogens with zero attached hydrogens (tertiary/aromatic N) is 1. The molecule has 0 bridgehead atoms. The summed E-state index contributed by atoms with van der Waals surface area (Å²) in [4.78, 5) is 28.8. The minimum absolute atomic E-state index is 0.0156. The van der Waals surface area contributed by atoms with Crippen molar-refractivity contribution in [3.8, 4) is 0 Å². The fourth-order valence-electron chi connectivity index (χ4n) is 2.38. The average Bonchev–Trinajstić information content (AvgIpc) is 2.48. The molecule has 0 N–H and O–H groups in total. The van der Waals surface area contributed by atoms with Crippen LogP contribution in [0.4, 0.5) is 0 Å². The van der Waals surface area contributed by atoms with Gasteiger partial charge in [0.05, 0.1) is 17.8 Å². The molecule has 1 heterocycles. The first-order valence-corrected chi connectivity index (χ1v) is 6.92. The van der Waals surface area contributed by atoms with Crippen LogP contribution in [-0.2, 0) is 14.4 Å². The smallest absolute Gasteiger partial charge is 0.266 e. The van der Waals surface area contributed by atoms with Crippen LogP contribution in [0.2, 0.25) is 0 Å². The van der Waals surface area contributed by atoms with Crippen molar-refractivity contribution in [3.05, 3.63) is 0 Å². The van der Waals surface area contributed by atoms with E-state index in [0.717, 1.165) is 30.7 Å². The van der Waals surface area contributed by atoms with Gasteiger partial charge in [-0.2, -0.15) is 17.7 Å². The van der Waals surface area contributed by atoms with Crippen molar-refractivity contribution in [2.24, 2.45) is 0 Å². The summed E-state index contributed by atoms with van der Waals surface area (Å²) in [6.07, 6.45) is 8.01. The van der Waals surface area contributed by atoms with Gasteiger partial charge in [0.1, 0.15) is 0 Å². The summed E-state index contributed by atoms with van der Waals surface area (Å²) in [5.74, 6) is -0.558. The molecule has 1 aliphatic heterocycles. The highest BCUT2D eigenvalue weighted by Gasteiger charge is 2.38. The summed E-state index contributed by atoms with van der Waals surface area (Å²) in [7, 11) is 0. The van der Waals surface area contributed by atoms with Crippen molar-refractivity contribution >= 4 is 24.4 Å². The zero-order valence-electron chi connectivity index (χ0n) is 9.93. The molecule has 1 saturated carbocycles. The summed E-state index contributed by atoms with van der Waals surface area (Å²) in [6.45, 7) is 0. The predicted octanol–water partition coefficient (Wildman–Crippen LogP) is 2.09.